The maximum atomic E-state index is 12.3. The Morgan fingerprint density at radius 1 is 1.27 bits per heavy atom. The normalized spacial score (nSPS) is 21.2. The first-order valence-corrected chi connectivity index (χ1v) is 8.33. The Kier molecular flexibility index (Phi) is 6.10. The molecule has 2 atom stereocenters. The average Bonchev–Trinajstić information content (AvgIpc) is 2.51. The van der Waals surface area contributed by atoms with E-state index in [1.54, 1.807) is 4.90 Å². The van der Waals surface area contributed by atoms with Crippen molar-refractivity contribution in [2.45, 2.75) is 52.1 Å². The minimum Gasteiger partial charge on any atom is -0.494 e. The second-order valence-corrected chi connectivity index (χ2v) is 6.25. The molecular formula is C18H28N2O2. The highest BCUT2D eigenvalue weighted by Crippen LogP contribution is 2.24. The molecule has 22 heavy (non-hydrogen) atoms. The van der Waals surface area contributed by atoms with Gasteiger partial charge in [0.1, 0.15) is 5.75 Å². The van der Waals surface area contributed by atoms with Gasteiger partial charge in [-0.2, -0.15) is 0 Å². The second kappa shape index (κ2) is 8.06. The molecule has 0 saturated heterocycles. The molecule has 1 aliphatic rings. The Morgan fingerprint density at radius 2 is 1.95 bits per heavy atom. The van der Waals surface area contributed by atoms with Crippen LogP contribution >= 0.6 is 0 Å². The van der Waals surface area contributed by atoms with Gasteiger partial charge in [-0.1, -0.05) is 31.9 Å². The molecule has 1 N–H and O–H groups in total. The van der Waals surface area contributed by atoms with Crippen LogP contribution in [0, 0.1) is 5.92 Å². The number of amides is 2. The van der Waals surface area contributed by atoms with Crippen LogP contribution < -0.4 is 10.1 Å². The average molecular weight is 304 g/mol. The monoisotopic (exact) mass is 304 g/mol. The number of nitrogens with one attached hydrogen (secondary N) is 1. The zero-order chi connectivity index (χ0) is 15.9. The fraction of sp³-hybridized carbons (Fsp3) is 0.611. The Bertz CT molecular complexity index is 472. The van der Waals surface area contributed by atoms with Gasteiger partial charge in [0.2, 0.25) is 0 Å². The van der Waals surface area contributed by atoms with Gasteiger partial charge in [0, 0.05) is 19.6 Å². The lowest BCUT2D eigenvalue weighted by atomic mass is 9.86. The summed E-state index contributed by atoms with van der Waals surface area (Å²) in [7, 11) is 1.85. The van der Waals surface area contributed by atoms with E-state index in [2.05, 4.69) is 12.2 Å². The van der Waals surface area contributed by atoms with Crippen LogP contribution in [-0.2, 0) is 6.54 Å². The van der Waals surface area contributed by atoms with E-state index in [0.29, 0.717) is 25.1 Å². The molecule has 0 aliphatic heterocycles. The lowest BCUT2D eigenvalue weighted by Gasteiger charge is -2.31. The van der Waals surface area contributed by atoms with Gasteiger partial charge < -0.3 is 15.0 Å². The molecule has 4 nitrogen and oxygen atoms in total. The fourth-order valence-corrected chi connectivity index (χ4v) is 3.00. The number of nitrogens with zero attached hydrogens (tertiary/aromatic N) is 1. The first-order valence-electron chi connectivity index (χ1n) is 8.33. The molecule has 1 aromatic rings. The zero-order valence-corrected chi connectivity index (χ0v) is 14.0. The largest absolute Gasteiger partial charge is 0.494 e. The lowest BCUT2D eigenvalue weighted by Crippen LogP contribution is -2.46. The van der Waals surface area contributed by atoms with Crippen molar-refractivity contribution in [1.82, 2.24) is 10.2 Å². The van der Waals surface area contributed by atoms with Gasteiger partial charge in [0.15, 0.2) is 0 Å². The maximum Gasteiger partial charge on any atom is 0.317 e. The highest BCUT2D eigenvalue weighted by Gasteiger charge is 2.23. The molecule has 122 valence electrons. The highest BCUT2D eigenvalue weighted by atomic mass is 16.5. The number of ether oxygens (including phenoxy) is 1. The van der Waals surface area contributed by atoms with Crippen molar-refractivity contribution in [2.75, 3.05) is 13.7 Å². The summed E-state index contributed by atoms with van der Waals surface area (Å²) in [5.74, 6) is 1.45. The van der Waals surface area contributed by atoms with Crippen LogP contribution in [0.2, 0.25) is 0 Å². The van der Waals surface area contributed by atoms with Gasteiger partial charge in [0.05, 0.1) is 6.61 Å². The van der Waals surface area contributed by atoms with Crippen LogP contribution in [0.1, 0.15) is 45.1 Å². The Balaban J connectivity index is 1.85. The van der Waals surface area contributed by atoms with Crippen LogP contribution in [-0.4, -0.2) is 30.6 Å². The quantitative estimate of drug-likeness (QED) is 0.899. The van der Waals surface area contributed by atoms with Crippen molar-refractivity contribution < 1.29 is 9.53 Å². The van der Waals surface area contributed by atoms with E-state index < -0.39 is 0 Å². The number of hydrogen-bond donors (Lipinski definition) is 1. The summed E-state index contributed by atoms with van der Waals surface area (Å²) >= 11 is 0. The van der Waals surface area contributed by atoms with Crippen LogP contribution in [0.15, 0.2) is 24.3 Å². The SMILES string of the molecule is CCOc1ccc(CN(C)C(=O)N[C@@H]2CCCC[C@H]2C)cc1. The van der Waals surface area contributed by atoms with Crippen LogP contribution in [0.25, 0.3) is 0 Å². The van der Waals surface area contributed by atoms with E-state index in [9.17, 15) is 4.79 Å². The molecule has 4 heteroatoms. The molecule has 0 unspecified atom stereocenters. The minimum absolute atomic E-state index is 0.0210. The van der Waals surface area contributed by atoms with E-state index >= 15 is 0 Å². The maximum absolute atomic E-state index is 12.3. The molecular weight excluding hydrogens is 276 g/mol. The number of carbonyl (C=O) groups is 1. The summed E-state index contributed by atoms with van der Waals surface area (Å²) in [5, 5.41) is 3.18. The zero-order valence-electron chi connectivity index (χ0n) is 14.0. The predicted octanol–water partition coefficient (Wildman–Crippen LogP) is 3.81. The van der Waals surface area contributed by atoms with Gasteiger partial charge in [-0.25, -0.2) is 4.79 Å². The smallest absolute Gasteiger partial charge is 0.317 e. The molecule has 1 fully saturated rings. The van der Waals surface area contributed by atoms with E-state index in [0.717, 1.165) is 17.7 Å². The van der Waals surface area contributed by atoms with Crippen LogP contribution in [0.4, 0.5) is 4.79 Å². The predicted molar refractivity (Wildman–Crippen MR) is 89.0 cm³/mol. The lowest BCUT2D eigenvalue weighted by molar-refractivity contribution is 0.190. The Hall–Kier alpha value is -1.71. The summed E-state index contributed by atoms with van der Waals surface area (Å²) < 4.78 is 5.43. The number of carbonyl (C=O) groups excluding carboxylic acids is 1. The summed E-state index contributed by atoms with van der Waals surface area (Å²) in [5.41, 5.74) is 1.11. The Morgan fingerprint density at radius 3 is 2.59 bits per heavy atom. The van der Waals surface area contributed by atoms with Crippen molar-refractivity contribution in [3.63, 3.8) is 0 Å². The van der Waals surface area contributed by atoms with Gasteiger partial charge in [-0.15, -0.1) is 0 Å². The first-order chi connectivity index (χ1) is 10.6. The summed E-state index contributed by atoms with van der Waals surface area (Å²) in [6.07, 6.45) is 4.82. The molecule has 1 aliphatic carbocycles. The third-order valence-corrected chi connectivity index (χ3v) is 4.42. The third kappa shape index (κ3) is 4.65. The van der Waals surface area contributed by atoms with Crippen LogP contribution in [0.5, 0.6) is 5.75 Å². The number of hydrogen-bond acceptors (Lipinski definition) is 2. The molecule has 0 radical (unpaired) electrons. The summed E-state index contributed by atoms with van der Waals surface area (Å²) in [6, 6.07) is 8.27. The number of benzene rings is 1. The fourth-order valence-electron chi connectivity index (χ4n) is 3.00. The molecule has 2 rings (SSSR count). The van der Waals surface area contributed by atoms with Gasteiger partial charge >= 0.3 is 6.03 Å². The molecule has 0 aromatic heterocycles. The summed E-state index contributed by atoms with van der Waals surface area (Å²) in [6.45, 7) is 5.48. The molecule has 1 aromatic carbocycles. The standard InChI is InChI=1S/C18H28N2O2/c1-4-22-16-11-9-15(10-12-16)13-20(3)18(21)19-17-8-6-5-7-14(17)2/h9-12,14,17H,4-8,13H2,1-3H3,(H,19,21)/t14-,17-/m1/s1. The topological polar surface area (TPSA) is 41.6 Å². The first kappa shape index (κ1) is 16.7. The van der Waals surface area contributed by atoms with Crippen molar-refractivity contribution in [2.24, 2.45) is 5.92 Å². The van der Waals surface area contributed by atoms with E-state index in [-0.39, 0.29) is 6.03 Å². The second-order valence-electron chi connectivity index (χ2n) is 6.25. The molecule has 0 spiro atoms. The molecule has 0 bridgehead atoms. The van der Waals surface area contributed by atoms with Gasteiger partial charge in [-0.3, -0.25) is 0 Å². The highest BCUT2D eigenvalue weighted by molar-refractivity contribution is 5.74. The minimum atomic E-state index is 0.0210. The molecule has 1 saturated carbocycles. The third-order valence-electron chi connectivity index (χ3n) is 4.42. The van der Waals surface area contributed by atoms with Crippen molar-refractivity contribution >= 4 is 6.03 Å². The molecule has 2 amide bonds. The van der Waals surface area contributed by atoms with E-state index in [4.69, 9.17) is 4.74 Å². The van der Waals surface area contributed by atoms with Gasteiger partial charge in [0.25, 0.3) is 0 Å². The summed E-state index contributed by atoms with van der Waals surface area (Å²) in [4.78, 5) is 14.1. The van der Waals surface area contributed by atoms with Crippen molar-refractivity contribution in [3.8, 4) is 5.75 Å². The molecule has 0 heterocycles. The van der Waals surface area contributed by atoms with Crippen LogP contribution in [0.3, 0.4) is 0 Å². The Labute approximate surface area is 133 Å². The van der Waals surface area contributed by atoms with Crippen molar-refractivity contribution in [1.29, 1.82) is 0 Å². The van der Waals surface area contributed by atoms with Gasteiger partial charge in [-0.05, 0) is 43.4 Å². The van der Waals surface area contributed by atoms with E-state index in [1.165, 1.54) is 19.3 Å². The number of urea groups is 1. The van der Waals surface area contributed by atoms with Crippen molar-refractivity contribution in [3.05, 3.63) is 29.8 Å². The van der Waals surface area contributed by atoms with E-state index in [1.807, 2.05) is 38.2 Å². The number of rotatable bonds is 5.